The van der Waals surface area contributed by atoms with Crippen LogP contribution in [0, 0.1) is 0 Å². The second-order valence-electron chi connectivity index (χ2n) is 13.8. The number of rotatable bonds is 7. The largest absolute Gasteiger partial charge is 0.455 e. The van der Waals surface area contributed by atoms with Gasteiger partial charge < -0.3 is 4.42 Å². The zero-order chi connectivity index (χ0) is 36.6. The van der Waals surface area contributed by atoms with Crippen molar-refractivity contribution in [2.45, 2.75) is 0 Å². The van der Waals surface area contributed by atoms with Gasteiger partial charge in [-0.3, -0.25) is 9.97 Å². The average Bonchev–Trinajstić information content (AvgIpc) is 3.67. The molecule has 0 aliphatic rings. The molecule has 0 aliphatic heterocycles. The van der Waals surface area contributed by atoms with Gasteiger partial charge in [0.15, 0.2) is 0 Å². The Balaban J connectivity index is 1.10. The molecule has 55 heavy (non-hydrogen) atoms. The van der Waals surface area contributed by atoms with Gasteiger partial charge in [0.25, 0.3) is 0 Å². The van der Waals surface area contributed by atoms with Gasteiger partial charge in [0.05, 0.1) is 0 Å². The minimum atomic E-state index is 0.882. The Labute approximate surface area is 319 Å². The summed E-state index contributed by atoms with van der Waals surface area (Å²) in [5.41, 5.74) is 17.5. The minimum Gasteiger partial charge on any atom is -0.455 e. The van der Waals surface area contributed by atoms with Crippen LogP contribution < -0.4 is 0 Å². The summed E-state index contributed by atoms with van der Waals surface area (Å²) in [6, 6.07) is 64.7. The molecule has 0 amide bonds. The van der Waals surface area contributed by atoms with Crippen molar-refractivity contribution in [1.29, 1.82) is 0 Å². The topological polar surface area (TPSA) is 38.9 Å². The zero-order valence-electron chi connectivity index (χ0n) is 29.9. The van der Waals surface area contributed by atoms with Crippen LogP contribution >= 0.6 is 0 Å². The van der Waals surface area contributed by atoms with Crippen molar-refractivity contribution >= 4 is 21.9 Å². The maximum absolute atomic E-state index is 6.95. The second-order valence-corrected chi connectivity index (χ2v) is 13.8. The second kappa shape index (κ2) is 13.9. The van der Waals surface area contributed by atoms with Crippen LogP contribution in [-0.4, -0.2) is 9.97 Å². The third-order valence-electron chi connectivity index (χ3n) is 10.5. The molecule has 0 saturated carbocycles. The fourth-order valence-corrected chi connectivity index (χ4v) is 7.64. The standard InChI is InChI=1S/C52H34N2O/c1-2-8-35(9-3-1)36-24-26-41(27-25-36)47-12-4-14-49-50-15-5-13-48(52(50)55-51(47)49)46-31-44(39-20-16-37(17-21-39)42-10-6-28-53-33-42)30-45(32-46)40-22-18-38(19-23-40)43-11-7-29-54-34-43/h1-34H. The minimum absolute atomic E-state index is 0.882. The van der Waals surface area contributed by atoms with Gasteiger partial charge in [-0.05, 0) is 97.1 Å². The lowest BCUT2D eigenvalue weighted by atomic mass is 9.91. The van der Waals surface area contributed by atoms with Gasteiger partial charge in [-0.1, -0.05) is 152 Å². The Bertz CT molecular complexity index is 2810. The molecule has 3 nitrogen and oxygen atoms in total. The summed E-state index contributed by atoms with van der Waals surface area (Å²) >= 11 is 0. The number of hydrogen-bond donors (Lipinski definition) is 0. The summed E-state index contributed by atoms with van der Waals surface area (Å²) in [4.78, 5) is 8.65. The van der Waals surface area contributed by atoms with Crippen LogP contribution in [0.3, 0.4) is 0 Å². The van der Waals surface area contributed by atoms with Crippen molar-refractivity contribution in [3.05, 3.63) is 207 Å². The molecule has 10 rings (SSSR count). The number of para-hydroxylation sites is 2. The van der Waals surface area contributed by atoms with Gasteiger partial charge in [-0.15, -0.1) is 0 Å². The molecule has 258 valence electrons. The van der Waals surface area contributed by atoms with Crippen molar-refractivity contribution < 1.29 is 4.42 Å². The summed E-state index contributed by atoms with van der Waals surface area (Å²) in [7, 11) is 0. The number of nitrogens with zero attached hydrogens (tertiary/aromatic N) is 2. The van der Waals surface area contributed by atoms with E-state index in [0.717, 1.165) is 88.7 Å². The van der Waals surface area contributed by atoms with Crippen LogP contribution in [0.1, 0.15) is 0 Å². The number of aromatic nitrogens is 2. The molecular weight excluding hydrogens is 669 g/mol. The third kappa shape index (κ3) is 6.18. The molecule has 0 radical (unpaired) electrons. The Morgan fingerprint density at radius 2 is 0.655 bits per heavy atom. The van der Waals surface area contributed by atoms with Gasteiger partial charge in [0.2, 0.25) is 0 Å². The predicted octanol–water partition coefficient (Wildman–Crippen LogP) is 14.0. The lowest BCUT2D eigenvalue weighted by Crippen LogP contribution is -1.88. The van der Waals surface area contributed by atoms with E-state index >= 15 is 0 Å². The number of hydrogen-bond acceptors (Lipinski definition) is 3. The molecule has 3 aromatic heterocycles. The van der Waals surface area contributed by atoms with E-state index in [0.29, 0.717) is 0 Å². The van der Waals surface area contributed by atoms with E-state index in [1.807, 2.05) is 30.6 Å². The lowest BCUT2D eigenvalue weighted by Gasteiger charge is -2.13. The molecular formula is C52H34N2O. The average molecular weight is 703 g/mol. The highest BCUT2D eigenvalue weighted by molar-refractivity contribution is 6.13. The van der Waals surface area contributed by atoms with Crippen molar-refractivity contribution in [1.82, 2.24) is 9.97 Å². The van der Waals surface area contributed by atoms with Crippen molar-refractivity contribution in [2.75, 3.05) is 0 Å². The van der Waals surface area contributed by atoms with Crippen molar-refractivity contribution in [2.24, 2.45) is 0 Å². The molecule has 0 fully saturated rings. The Hall–Kier alpha value is -7.36. The van der Waals surface area contributed by atoms with Crippen LogP contribution in [0.5, 0.6) is 0 Å². The third-order valence-corrected chi connectivity index (χ3v) is 10.5. The Kier molecular flexibility index (Phi) is 8.16. The lowest BCUT2D eigenvalue weighted by molar-refractivity contribution is 0.671. The monoisotopic (exact) mass is 702 g/mol. The maximum atomic E-state index is 6.95. The molecule has 0 N–H and O–H groups in total. The van der Waals surface area contributed by atoms with E-state index in [2.05, 4.69) is 174 Å². The Morgan fingerprint density at radius 3 is 1.13 bits per heavy atom. The number of furan rings is 1. The highest BCUT2D eigenvalue weighted by atomic mass is 16.3. The number of pyridine rings is 2. The van der Waals surface area contributed by atoms with Crippen LogP contribution in [0.2, 0.25) is 0 Å². The van der Waals surface area contributed by atoms with Crippen LogP contribution in [0.15, 0.2) is 211 Å². The van der Waals surface area contributed by atoms with Gasteiger partial charge in [-0.2, -0.15) is 0 Å². The normalized spacial score (nSPS) is 11.3. The van der Waals surface area contributed by atoms with E-state index in [-0.39, 0.29) is 0 Å². The molecule has 0 bridgehead atoms. The summed E-state index contributed by atoms with van der Waals surface area (Å²) in [6.45, 7) is 0. The molecule has 0 saturated heterocycles. The number of fused-ring (bicyclic) bond motifs is 3. The Morgan fingerprint density at radius 1 is 0.273 bits per heavy atom. The highest BCUT2D eigenvalue weighted by Crippen LogP contribution is 2.42. The molecule has 3 heteroatoms. The van der Waals surface area contributed by atoms with Crippen molar-refractivity contribution in [3.8, 4) is 77.9 Å². The molecule has 0 atom stereocenters. The fourth-order valence-electron chi connectivity index (χ4n) is 7.64. The molecule has 0 spiro atoms. The van der Waals surface area contributed by atoms with E-state index in [9.17, 15) is 0 Å². The maximum Gasteiger partial charge on any atom is 0.143 e. The van der Waals surface area contributed by atoms with E-state index < -0.39 is 0 Å². The van der Waals surface area contributed by atoms with Gasteiger partial charge in [-0.25, -0.2) is 0 Å². The summed E-state index contributed by atoms with van der Waals surface area (Å²) in [5, 5.41) is 2.21. The van der Waals surface area contributed by atoms with E-state index in [1.54, 1.807) is 12.4 Å². The molecule has 10 aromatic rings. The van der Waals surface area contributed by atoms with Crippen LogP contribution in [0.4, 0.5) is 0 Å². The van der Waals surface area contributed by atoms with Crippen LogP contribution in [-0.2, 0) is 0 Å². The fraction of sp³-hybridized carbons (Fsp3) is 0. The predicted molar refractivity (Wildman–Crippen MR) is 227 cm³/mol. The van der Waals surface area contributed by atoms with Gasteiger partial charge in [0.1, 0.15) is 11.2 Å². The van der Waals surface area contributed by atoms with Crippen LogP contribution in [0.25, 0.3) is 99.8 Å². The highest BCUT2D eigenvalue weighted by Gasteiger charge is 2.17. The molecule has 0 aliphatic carbocycles. The number of benzene rings is 7. The smallest absolute Gasteiger partial charge is 0.143 e. The van der Waals surface area contributed by atoms with Gasteiger partial charge >= 0.3 is 0 Å². The molecule has 7 aromatic carbocycles. The first kappa shape index (κ1) is 32.3. The first-order chi connectivity index (χ1) is 27.2. The van der Waals surface area contributed by atoms with E-state index in [4.69, 9.17) is 4.42 Å². The molecule has 0 unspecified atom stereocenters. The van der Waals surface area contributed by atoms with Crippen molar-refractivity contribution in [3.63, 3.8) is 0 Å². The zero-order valence-corrected chi connectivity index (χ0v) is 29.9. The van der Waals surface area contributed by atoms with Gasteiger partial charge in [0, 0.05) is 46.7 Å². The summed E-state index contributed by atoms with van der Waals surface area (Å²) in [6.07, 6.45) is 7.42. The first-order valence-corrected chi connectivity index (χ1v) is 18.5. The summed E-state index contributed by atoms with van der Waals surface area (Å²) < 4.78 is 6.95. The first-order valence-electron chi connectivity index (χ1n) is 18.5. The summed E-state index contributed by atoms with van der Waals surface area (Å²) in [5.74, 6) is 0. The van der Waals surface area contributed by atoms with E-state index in [1.165, 1.54) is 11.1 Å². The SMILES string of the molecule is c1ccc(-c2ccc(-c3cccc4c3oc3c(-c5cc(-c6ccc(-c7cccnc7)cc6)cc(-c6ccc(-c7cccnc7)cc6)c5)cccc34)cc2)cc1. The molecule has 3 heterocycles. The quantitative estimate of drug-likeness (QED) is 0.166.